The van der Waals surface area contributed by atoms with Crippen LogP contribution in [0.2, 0.25) is 4.34 Å². The quantitative estimate of drug-likeness (QED) is 0.872. The molecule has 0 aliphatic carbocycles. The summed E-state index contributed by atoms with van der Waals surface area (Å²) in [6, 6.07) is 3.79. The first-order chi connectivity index (χ1) is 7.75. The lowest BCUT2D eigenvalue weighted by molar-refractivity contribution is -0.123. The Bertz CT molecular complexity index is 361. The lowest BCUT2D eigenvalue weighted by Gasteiger charge is -2.22. The monoisotopic (exact) mass is 258 g/mol. The molecular weight excluding hydrogens is 244 g/mol. The number of carbonyl (C=O) groups excluding carboxylic acids is 1. The van der Waals surface area contributed by atoms with Crippen LogP contribution in [0.5, 0.6) is 0 Å². The van der Waals surface area contributed by atoms with Gasteiger partial charge in [0.25, 0.3) is 0 Å². The van der Waals surface area contributed by atoms with E-state index in [-0.39, 0.29) is 11.9 Å². The van der Waals surface area contributed by atoms with E-state index in [9.17, 15) is 4.79 Å². The van der Waals surface area contributed by atoms with E-state index in [1.54, 1.807) is 0 Å². The van der Waals surface area contributed by atoms with Crippen molar-refractivity contribution in [1.29, 1.82) is 0 Å². The van der Waals surface area contributed by atoms with Gasteiger partial charge in [0.2, 0.25) is 5.91 Å². The molecule has 2 N–H and O–H groups in total. The van der Waals surface area contributed by atoms with Crippen LogP contribution >= 0.6 is 22.9 Å². The maximum Gasteiger partial charge on any atom is 0.237 e. The number of rotatable bonds is 3. The van der Waals surface area contributed by atoms with Crippen molar-refractivity contribution in [3.8, 4) is 0 Å². The summed E-state index contributed by atoms with van der Waals surface area (Å²) in [6.07, 6.45) is 3.25. The van der Waals surface area contributed by atoms with Crippen molar-refractivity contribution < 1.29 is 4.79 Å². The molecule has 0 aromatic carbocycles. The zero-order chi connectivity index (χ0) is 11.4. The van der Waals surface area contributed by atoms with E-state index in [1.807, 2.05) is 12.1 Å². The second-order valence-corrected chi connectivity index (χ2v) is 5.73. The molecule has 2 heterocycles. The molecule has 0 spiro atoms. The number of hydrogen-bond acceptors (Lipinski definition) is 3. The maximum atomic E-state index is 11.8. The number of piperidine rings is 1. The summed E-state index contributed by atoms with van der Waals surface area (Å²) in [4.78, 5) is 12.9. The first kappa shape index (κ1) is 11.9. The molecule has 88 valence electrons. The highest BCUT2D eigenvalue weighted by Crippen LogP contribution is 2.21. The van der Waals surface area contributed by atoms with Crippen LogP contribution in [0.1, 0.15) is 24.1 Å². The van der Waals surface area contributed by atoms with Crippen LogP contribution in [-0.2, 0) is 11.3 Å². The van der Waals surface area contributed by atoms with E-state index >= 15 is 0 Å². The fourth-order valence-electron chi connectivity index (χ4n) is 1.82. The molecule has 1 saturated heterocycles. The topological polar surface area (TPSA) is 41.1 Å². The highest BCUT2D eigenvalue weighted by atomic mass is 35.5. The van der Waals surface area contributed by atoms with E-state index in [0.29, 0.717) is 6.54 Å². The van der Waals surface area contributed by atoms with Gasteiger partial charge in [-0.1, -0.05) is 18.0 Å². The van der Waals surface area contributed by atoms with E-state index < -0.39 is 0 Å². The van der Waals surface area contributed by atoms with Crippen LogP contribution in [0, 0.1) is 0 Å². The molecule has 0 radical (unpaired) electrons. The summed E-state index contributed by atoms with van der Waals surface area (Å²) < 4.78 is 0.764. The van der Waals surface area contributed by atoms with Gasteiger partial charge in [0, 0.05) is 4.88 Å². The molecule has 1 aromatic rings. The van der Waals surface area contributed by atoms with Gasteiger partial charge in [0.1, 0.15) is 0 Å². The van der Waals surface area contributed by atoms with Crippen LogP contribution in [0.25, 0.3) is 0 Å². The van der Waals surface area contributed by atoms with Gasteiger partial charge in [0.15, 0.2) is 0 Å². The number of carbonyl (C=O) groups is 1. The van der Waals surface area contributed by atoms with E-state index in [2.05, 4.69) is 10.6 Å². The third kappa shape index (κ3) is 3.20. The van der Waals surface area contributed by atoms with Crippen molar-refractivity contribution in [3.05, 3.63) is 21.3 Å². The fraction of sp³-hybridized carbons (Fsp3) is 0.545. The largest absolute Gasteiger partial charge is 0.350 e. The van der Waals surface area contributed by atoms with E-state index in [1.165, 1.54) is 17.8 Å². The fourth-order valence-corrected chi connectivity index (χ4v) is 2.85. The molecule has 1 aliphatic rings. The summed E-state index contributed by atoms with van der Waals surface area (Å²) in [5, 5.41) is 6.16. The second-order valence-electron chi connectivity index (χ2n) is 3.93. The zero-order valence-corrected chi connectivity index (χ0v) is 10.5. The lowest BCUT2D eigenvalue weighted by atomic mass is 10.0. The minimum atomic E-state index is -0.0100. The SMILES string of the molecule is O=C(NCc1ccc(Cl)s1)[C@@H]1CCCCN1. The van der Waals surface area contributed by atoms with Crippen molar-refractivity contribution in [2.45, 2.75) is 31.8 Å². The summed E-state index contributed by atoms with van der Waals surface area (Å²) in [5.41, 5.74) is 0. The van der Waals surface area contributed by atoms with Crippen LogP contribution in [0.15, 0.2) is 12.1 Å². The molecule has 1 fully saturated rings. The number of thiophene rings is 1. The molecule has 5 heteroatoms. The number of hydrogen-bond donors (Lipinski definition) is 2. The van der Waals surface area contributed by atoms with E-state index in [0.717, 1.165) is 28.6 Å². The smallest absolute Gasteiger partial charge is 0.237 e. The molecule has 0 unspecified atom stereocenters. The van der Waals surface area contributed by atoms with Gasteiger partial charge < -0.3 is 10.6 Å². The Morgan fingerprint density at radius 1 is 1.56 bits per heavy atom. The van der Waals surface area contributed by atoms with Crippen molar-refractivity contribution in [1.82, 2.24) is 10.6 Å². The predicted octanol–water partition coefficient (Wildman–Crippen LogP) is 2.16. The molecule has 0 saturated carbocycles. The van der Waals surface area contributed by atoms with Crippen LogP contribution in [0.3, 0.4) is 0 Å². The van der Waals surface area contributed by atoms with Gasteiger partial charge in [-0.3, -0.25) is 4.79 Å². The minimum absolute atomic E-state index is 0.0100. The van der Waals surface area contributed by atoms with Gasteiger partial charge in [-0.15, -0.1) is 11.3 Å². The highest BCUT2D eigenvalue weighted by molar-refractivity contribution is 7.16. The van der Waals surface area contributed by atoms with Gasteiger partial charge >= 0.3 is 0 Å². The minimum Gasteiger partial charge on any atom is -0.350 e. The Morgan fingerprint density at radius 2 is 2.44 bits per heavy atom. The van der Waals surface area contributed by atoms with Crippen molar-refractivity contribution in [3.63, 3.8) is 0 Å². The van der Waals surface area contributed by atoms with Crippen molar-refractivity contribution >= 4 is 28.8 Å². The zero-order valence-electron chi connectivity index (χ0n) is 8.96. The average molecular weight is 259 g/mol. The Kier molecular flexibility index (Phi) is 4.21. The Labute approximate surface area is 104 Å². The molecule has 0 bridgehead atoms. The summed E-state index contributed by atoms with van der Waals surface area (Å²) in [5.74, 6) is 0.101. The molecular formula is C11H15ClN2OS. The summed E-state index contributed by atoms with van der Waals surface area (Å²) in [7, 11) is 0. The summed E-state index contributed by atoms with van der Waals surface area (Å²) in [6.45, 7) is 1.53. The Morgan fingerprint density at radius 3 is 3.06 bits per heavy atom. The first-order valence-electron chi connectivity index (χ1n) is 5.51. The van der Waals surface area contributed by atoms with Gasteiger partial charge in [-0.2, -0.15) is 0 Å². The average Bonchev–Trinajstić information content (AvgIpc) is 2.73. The van der Waals surface area contributed by atoms with Crippen LogP contribution in [-0.4, -0.2) is 18.5 Å². The van der Waals surface area contributed by atoms with Crippen LogP contribution < -0.4 is 10.6 Å². The van der Waals surface area contributed by atoms with Gasteiger partial charge in [-0.25, -0.2) is 0 Å². The van der Waals surface area contributed by atoms with Crippen molar-refractivity contribution in [2.75, 3.05) is 6.54 Å². The molecule has 1 amide bonds. The predicted molar refractivity (Wildman–Crippen MR) is 66.8 cm³/mol. The molecule has 1 aromatic heterocycles. The van der Waals surface area contributed by atoms with Gasteiger partial charge in [-0.05, 0) is 31.5 Å². The lowest BCUT2D eigenvalue weighted by Crippen LogP contribution is -2.46. The van der Waals surface area contributed by atoms with Crippen LogP contribution in [0.4, 0.5) is 0 Å². The Balaban J connectivity index is 1.78. The summed E-state index contributed by atoms with van der Waals surface area (Å²) >= 11 is 7.32. The third-order valence-electron chi connectivity index (χ3n) is 2.69. The Hall–Kier alpha value is -0.580. The molecule has 3 nitrogen and oxygen atoms in total. The van der Waals surface area contributed by atoms with Crippen molar-refractivity contribution in [2.24, 2.45) is 0 Å². The van der Waals surface area contributed by atoms with Gasteiger partial charge in [0.05, 0.1) is 16.9 Å². The number of halogens is 1. The number of nitrogens with one attached hydrogen (secondary N) is 2. The normalized spacial score (nSPS) is 20.7. The standard InChI is InChI=1S/C11H15ClN2OS/c12-10-5-4-8(16-10)7-14-11(15)9-3-1-2-6-13-9/h4-5,9,13H,1-3,6-7H2,(H,14,15)/t9-/m0/s1. The molecule has 2 rings (SSSR count). The third-order valence-corrected chi connectivity index (χ3v) is 3.92. The molecule has 1 aliphatic heterocycles. The number of amides is 1. The maximum absolute atomic E-state index is 11.8. The highest BCUT2D eigenvalue weighted by Gasteiger charge is 2.19. The van der Waals surface area contributed by atoms with E-state index in [4.69, 9.17) is 11.6 Å². The molecule has 16 heavy (non-hydrogen) atoms. The molecule has 1 atom stereocenters. The second kappa shape index (κ2) is 5.66. The first-order valence-corrected chi connectivity index (χ1v) is 6.70.